The first kappa shape index (κ1) is 16.0. The Bertz CT molecular complexity index is 486. The molecule has 4 unspecified atom stereocenters. The van der Waals surface area contributed by atoms with Crippen LogP contribution in [0, 0.1) is 11.8 Å². The molecule has 0 radical (unpaired) electrons. The molecule has 4 atom stereocenters. The lowest BCUT2D eigenvalue weighted by atomic mass is 9.88. The van der Waals surface area contributed by atoms with Crippen molar-refractivity contribution in [3.05, 3.63) is 29.8 Å². The van der Waals surface area contributed by atoms with Gasteiger partial charge in [0.2, 0.25) is 5.91 Å². The second kappa shape index (κ2) is 6.58. The maximum absolute atomic E-state index is 12.9. The third kappa shape index (κ3) is 3.11. The Labute approximate surface area is 127 Å². The van der Waals surface area contributed by atoms with Gasteiger partial charge in [-0.05, 0) is 44.4 Å². The number of amides is 1. The van der Waals surface area contributed by atoms with Crippen LogP contribution in [0.25, 0.3) is 0 Å². The van der Waals surface area contributed by atoms with E-state index in [1.54, 1.807) is 0 Å². The number of rotatable bonds is 4. The van der Waals surface area contributed by atoms with Crippen molar-refractivity contribution in [1.82, 2.24) is 0 Å². The fourth-order valence-electron chi connectivity index (χ4n) is 3.15. The average molecular weight is 290 g/mol. The number of carbonyl (C=O) groups is 1. The van der Waals surface area contributed by atoms with Crippen LogP contribution in [-0.2, 0) is 16.1 Å². The van der Waals surface area contributed by atoms with Gasteiger partial charge in [0.15, 0.2) is 0 Å². The predicted molar refractivity (Wildman–Crippen MR) is 85.0 cm³/mol. The third-order valence-electron chi connectivity index (χ3n) is 4.59. The summed E-state index contributed by atoms with van der Waals surface area (Å²) in [6, 6.07) is 7.90. The summed E-state index contributed by atoms with van der Waals surface area (Å²) >= 11 is 0. The van der Waals surface area contributed by atoms with Gasteiger partial charge in [-0.2, -0.15) is 0 Å². The first-order valence-corrected chi connectivity index (χ1v) is 7.75. The van der Waals surface area contributed by atoms with Crippen LogP contribution >= 0.6 is 0 Å². The Hall–Kier alpha value is -1.39. The van der Waals surface area contributed by atoms with Gasteiger partial charge in [0.25, 0.3) is 0 Å². The molecule has 0 spiro atoms. The van der Waals surface area contributed by atoms with E-state index in [9.17, 15) is 4.79 Å². The van der Waals surface area contributed by atoms with E-state index in [1.165, 1.54) is 0 Å². The van der Waals surface area contributed by atoms with Gasteiger partial charge in [0.1, 0.15) is 0 Å². The molecule has 0 aliphatic carbocycles. The Balaban J connectivity index is 2.21. The standard InChI is InChI=1S/C17H26N2O2/c1-5-19(15-8-6-14(10-18)7-9-15)17(20)16-11(2)12(3)21-13(16)4/h6-9,11-13,16H,5,10,18H2,1-4H3. The molecule has 1 aromatic carbocycles. The van der Waals surface area contributed by atoms with Crippen LogP contribution in [-0.4, -0.2) is 24.7 Å². The minimum absolute atomic E-state index is 0.0279. The molecule has 0 bridgehead atoms. The number of nitrogens with zero attached hydrogens (tertiary/aromatic N) is 1. The highest BCUT2D eigenvalue weighted by Gasteiger charge is 2.43. The maximum atomic E-state index is 12.9. The molecule has 116 valence electrons. The highest BCUT2D eigenvalue weighted by molar-refractivity contribution is 5.95. The number of hydrogen-bond acceptors (Lipinski definition) is 3. The van der Waals surface area contributed by atoms with Crippen molar-refractivity contribution < 1.29 is 9.53 Å². The van der Waals surface area contributed by atoms with Crippen molar-refractivity contribution in [2.45, 2.75) is 46.4 Å². The highest BCUT2D eigenvalue weighted by Crippen LogP contribution is 2.34. The average Bonchev–Trinajstić information content (AvgIpc) is 2.73. The lowest BCUT2D eigenvalue weighted by Crippen LogP contribution is -2.41. The van der Waals surface area contributed by atoms with Crippen molar-refractivity contribution in [1.29, 1.82) is 0 Å². The molecule has 1 fully saturated rings. The highest BCUT2D eigenvalue weighted by atomic mass is 16.5. The van der Waals surface area contributed by atoms with Crippen molar-refractivity contribution in [2.24, 2.45) is 17.6 Å². The number of carbonyl (C=O) groups excluding carboxylic acids is 1. The van der Waals surface area contributed by atoms with Crippen LogP contribution in [0.15, 0.2) is 24.3 Å². The summed E-state index contributed by atoms with van der Waals surface area (Å²) in [4.78, 5) is 14.8. The van der Waals surface area contributed by atoms with Gasteiger partial charge >= 0.3 is 0 Å². The van der Waals surface area contributed by atoms with E-state index >= 15 is 0 Å². The van der Waals surface area contributed by atoms with Gasteiger partial charge in [0, 0.05) is 18.8 Å². The van der Waals surface area contributed by atoms with Crippen molar-refractivity contribution in [3.8, 4) is 0 Å². The zero-order valence-corrected chi connectivity index (χ0v) is 13.4. The first-order valence-electron chi connectivity index (χ1n) is 7.75. The number of ether oxygens (including phenoxy) is 1. The van der Waals surface area contributed by atoms with Gasteiger partial charge < -0.3 is 15.4 Å². The summed E-state index contributed by atoms with van der Waals surface area (Å²) in [5.74, 6) is 0.321. The normalized spacial score (nSPS) is 28.6. The van der Waals surface area contributed by atoms with E-state index in [4.69, 9.17) is 10.5 Å². The number of anilines is 1. The lowest BCUT2D eigenvalue weighted by molar-refractivity contribution is -0.124. The lowest BCUT2D eigenvalue weighted by Gasteiger charge is -2.27. The molecule has 4 nitrogen and oxygen atoms in total. The van der Waals surface area contributed by atoms with Gasteiger partial charge in [0.05, 0.1) is 18.1 Å². The minimum atomic E-state index is -0.0749. The maximum Gasteiger partial charge on any atom is 0.233 e. The zero-order chi connectivity index (χ0) is 15.6. The van der Waals surface area contributed by atoms with Crippen LogP contribution in [0.1, 0.15) is 33.3 Å². The van der Waals surface area contributed by atoms with Crippen LogP contribution < -0.4 is 10.6 Å². The van der Waals surface area contributed by atoms with Crippen LogP contribution in [0.4, 0.5) is 5.69 Å². The molecule has 2 N–H and O–H groups in total. The first-order chi connectivity index (χ1) is 9.99. The van der Waals surface area contributed by atoms with Gasteiger partial charge in [-0.25, -0.2) is 0 Å². The molecule has 1 saturated heterocycles. The fraction of sp³-hybridized carbons (Fsp3) is 0.588. The monoisotopic (exact) mass is 290 g/mol. The number of hydrogen-bond donors (Lipinski definition) is 1. The summed E-state index contributed by atoms with van der Waals surface area (Å²) in [5, 5.41) is 0. The SMILES string of the molecule is CCN(C(=O)C1C(C)OC(C)C1C)c1ccc(CN)cc1. The van der Waals surface area contributed by atoms with Gasteiger partial charge in [-0.15, -0.1) is 0 Å². The number of nitrogens with two attached hydrogens (primary N) is 1. The van der Waals surface area contributed by atoms with Crippen LogP contribution in [0.5, 0.6) is 0 Å². The second-order valence-corrected chi connectivity index (χ2v) is 5.88. The Kier molecular flexibility index (Phi) is 5.01. The van der Waals surface area contributed by atoms with Crippen LogP contribution in [0.2, 0.25) is 0 Å². The molecular formula is C17H26N2O2. The van der Waals surface area contributed by atoms with Crippen molar-refractivity contribution >= 4 is 11.6 Å². The topological polar surface area (TPSA) is 55.6 Å². The Morgan fingerprint density at radius 2 is 1.81 bits per heavy atom. The van der Waals surface area contributed by atoms with Crippen molar-refractivity contribution in [3.63, 3.8) is 0 Å². The Morgan fingerprint density at radius 3 is 2.24 bits per heavy atom. The smallest absolute Gasteiger partial charge is 0.233 e. The molecule has 1 aliphatic rings. The van der Waals surface area contributed by atoms with Crippen molar-refractivity contribution in [2.75, 3.05) is 11.4 Å². The molecule has 0 aromatic heterocycles. The molecule has 1 heterocycles. The van der Waals surface area contributed by atoms with E-state index in [2.05, 4.69) is 6.92 Å². The molecular weight excluding hydrogens is 264 g/mol. The molecule has 0 saturated carbocycles. The minimum Gasteiger partial charge on any atom is -0.374 e. The summed E-state index contributed by atoms with van der Waals surface area (Å²) < 4.78 is 5.81. The molecule has 1 aliphatic heterocycles. The fourth-order valence-corrected chi connectivity index (χ4v) is 3.15. The molecule has 21 heavy (non-hydrogen) atoms. The third-order valence-corrected chi connectivity index (χ3v) is 4.59. The zero-order valence-electron chi connectivity index (χ0n) is 13.4. The quantitative estimate of drug-likeness (QED) is 0.927. The summed E-state index contributed by atoms with van der Waals surface area (Å²) in [6.07, 6.45) is 0.104. The van der Waals surface area contributed by atoms with Gasteiger partial charge in [-0.1, -0.05) is 19.1 Å². The van der Waals surface area contributed by atoms with E-state index in [-0.39, 0.29) is 30.0 Å². The van der Waals surface area contributed by atoms with Gasteiger partial charge in [-0.3, -0.25) is 4.79 Å². The largest absolute Gasteiger partial charge is 0.374 e. The summed E-state index contributed by atoms with van der Waals surface area (Å²) in [7, 11) is 0. The van der Waals surface area contributed by atoms with Crippen LogP contribution in [0.3, 0.4) is 0 Å². The summed E-state index contributed by atoms with van der Waals surface area (Å²) in [6.45, 7) is 9.31. The predicted octanol–water partition coefficient (Wildman–Crippen LogP) is 2.56. The van der Waals surface area contributed by atoms with E-state index in [1.807, 2.05) is 49.9 Å². The van der Waals surface area contributed by atoms with E-state index < -0.39 is 0 Å². The molecule has 1 amide bonds. The molecule has 1 aromatic rings. The molecule has 4 heteroatoms. The van der Waals surface area contributed by atoms with E-state index in [0.29, 0.717) is 13.1 Å². The number of benzene rings is 1. The summed E-state index contributed by atoms with van der Waals surface area (Å²) in [5.41, 5.74) is 7.62. The Morgan fingerprint density at radius 1 is 1.19 bits per heavy atom. The van der Waals surface area contributed by atoms with E-state index in [0.717, 1.165) is 11.3 Å². The second-order valence-electron chi connectivity index (χ2n) is 5.88. The molecule has 2 rings (SSSR count).